The van der Waals surface area contributed by atoms with Gasteiger partial charge in [-0.1, -0.05) is 18.2 Å². The molecule has 0 aliphatic heterocycles. The zero-order valence-electron chi connectivity index (χ0n) is 9.28. The van der Waals surface area contributed by atoms with Crippen molar-refractivity contribution in [1.82, 2.24) is 5.32 Å². The molecule has 0 saturated heterocycles. The molecule has 0 spiro atoms. The predicted molar refractivity (Wildman–Crippen MR) is 62.1 cm³/mol. The Morgan fingerprint density at radius 2 is 2.07 bits per heavy atom. The Hall–Kier alpha value is -1.02. The second-order valence-electron chi connectivity index (χ2n) is 4.29. The number of rotatable bonds is 4. The summed E-state index contributed by atoms with van der Waals surface area (Å²) in [6.07, 6.45) is 4.10. The van der Waals surface area contributed by atoms with E-state index in [1.807, 2.05) is 37.4 Å². The van der Waals surface area contributed by atoms with Gasteiger partial charge in [0.25, 0.3) is 0 Å². The van der Waals surface area contributed by atoms with E-state index in [-0.39, 0.29) is 0 Å². The third kappa shape index (κ3) is 2.96. The van der Waals surface area contributed by atoms with E-state index in [9.17, 15) is 0 Å². The van der Waals surface area contributed by atoms with Gasteiger partial charge in [-0.15, -0.1) is 0 Å². The zero-order chi connectivity index (χ0) is 10.5. The highest BCUT2D eigenvalue weighted by Crippen LogP contribution is 2.28. The van der Waals surface area contributed by atoms with Crippen LogP contribution in [0.3, 0.4) is 0 Å². The maximum absolute atomic E-state index is 5.92. The van der Waals surface area contributed by atoms with E-state index >= 15 is 0 Å². The first kappa shape index (κ1) is 10.5. The van der Waals surface area contributed by atoms with Crippen LogP contribution in [0.4, 0.5) is 0 Å². The number of para-hydroxylation sites is 1. The summed E-state index contributed by atoms with van der Waals surface area (Å²) in [5.74, 6) is 1.80. The van der Waals surface area contributed by atoms with Crippen molar-refractivity contribution in [2.75, 3.05) is 13.6 Å². The Balaban J connectivity index is 1.82. The molecule has 2 unspecified atom stereocenters. The summed E-state index contributed by atoms with van der Waals surface area (Å²) < 4.78 is 5.92. The van der Waals surface area contributed by atoms with Gasteiger partial charge in [-0.2, -0.15) is 0 Å². The van der Waals surface area contributed by atoms with Crippen LogP contribution in [0.1, 0.15) is 19.3 Å². The van der Waals surface area contributed by atoms with Crippen LogP contribution in [0.5, 0.6) is 5.75 Å². The second-order valence-corrected chi connectivity index (χ2v) is 4.29. The van der Waals surface area contributed by atoms with Crippen LogP contribution in [0, 0.1) is 5.92 Å². The molecule has 0 radical (unpaired) electrons. The first-order valence-electron chi connectivity index (χ1n) is 5.75. The molecule has 1 N–H and O–H groups in total. The Morgan fingerprint density at radius 3 is 2.80 bits per heavy atom. The van der Waals surface area contributed by atoms with Crippen LogP contribution in [-0.2, 0) is 0 Å². The summed E-state index contributed by atoms with van der Waals surface area (Å²) in [6, 6.07) is 10.1. The molecule has 82 valence electrons. The highest BCUT2D eigenvalue weighted by molar-refractivity contribution is 5.21. The first-order valence-corrected chi connectivity index (χ1v) is 5.75. The molecule has 0 heterocycles. The Bertz CT molecular complexity index is 286. The Labute approximate surface area is 91.6 Å². The zero-order valence-corrected chi connectivity index (χ0v) is 9.28. The summed E-state index contributed by atoms with van der Waals surface area (Å²) in [4.78, 5) is 0. The summed E-state index contributed by atoms with van der Waals surface area (Å²) in [5, 5.41) is 3.24. The average molecular weight is 205 g/mol. The molecule has 0 aromatic heterocycles. The lowest BCUT2D eigenvalue weighted by molar-refractivity contribution is 0.204. The van der Waals surface area contributed by atoms with Crippen molar-refractivity contribution in [3.8, 4) is 5.75 Å². The van der Waals surface area contributed by atoms with E-state index in [2.05, 4.69) is 5.32 Å². The molecule has 0 bridgehead atoms. The number of ether oxygens (including phenoxy) is 1. The van der Waals surface area contributed by atoms with Crippen LogP contribution < -0.4 is 10.1 Å². The van der Waals surface area contributed by atoms with Gasteiger partial charge in [0.05, 0.1) is 6.10 Å². The normalized spacial score (nSPS) is 25.4. The molecular formula is C13H19NO. The summed E-state index contributed by atoms with van der Waals surface area (Å²) in [7, 11) is 2.02. The largest absolute Gasteiger partial charge is 0.490 e. The third-order valence-corrected chi connectivity index (χ3v) is 3.03. The number of benzene rings is 1. The third-order valence-electron chi connectivity index (χ3n) is 3.03. The molecule has 1 aliphatic rings. The molecule has 2 atom stereocenters. The van der Waals surface area contributed by atoms with Gasteiger partial charge in [0, 0.05) is 0 Å². The monoisotopic (exact) mass is 205 g/mol. The van der Waals surface area contributed by atoms with Crippen LogP contribution in [0.25, 0.3) is 0 Å². The van der Waals surface area contributed by atoms with E-state index in [0.29, 0.717) is 6.10 Å². The van der Waals surface area contributed by atoms with E-state index in [1.165, 1.54) is 19.3 Å². The summed E-state index contributed by atoms with van der Waals surface area (Å²) in [5.41, 5.74) is 0. The van der Waals surface area contributed by atoms with Crippen molar-refractivity contribution in [1.29, 1.82) is 0 Å². The van der Waals surface area contributed by atoms with Crippen molar-refractivity contribution >= 4 is 0 Å². The minimum atomic E-state index is 0.422. The lowest BCUT2D eigenvalue weighted by Gasteiger charge is -2.13. The quantitative estimate of drug-likeness (QED) is 0.815. The number of hydrogen-bond donors (Lipinski definition) is 1. The van der Waals surface area contributed by atoms with Crippen molar-refractivity contribution in [3.05, 3.63) is 30.3 Å². The van der Waals surface area contributed by atoms with E-state index < -0.39 is 0 Å². The van der Waals surface area contributed by atoms with Crippen molar-refractivity contribution in [2.24, 2.45) is 5.92 Å². The molecule has 2 nitrogen and oxygen atoms in total. The first-order chi connectivity index (χ1) is 7.38. The molecule has 2 heteroatoms. The van der Waals surface area contributed by atoms with Gasteiger partial charge in [0.15, 0.2) is 0 Å². The van der Waals surface area contributed by atoms with Gasteiger partial charge < -0.3 is 10.1 Å². The van der Waals surface area contributed by atoms with E-state index in [4.69, 9.17) is 4.74 Å². The fraction of sp³-hybridized carbons (Fsp3) is 0.538. The minimum Gasteiger partial charge on any atom is -0.490 e. The minimum absolute atomic E-state index is 0.422. The van der Waals surface area contributed by atoms with Crippen LogP contribution in [0.2, 0.25) is 0 Å². The fourth-order valence-electron chi connectivity index (χ4n) is 2.30. The molecule has 1 saturated carbocycles. The van der Waals surface area contributed by atoms with Gasteiger partial charge in [0.1, 0.15) is 5.75 Å². The molecule has 1 fully saturated rings. The van der Waals surface area contributed by atoms with Gasteiger partial charge in [-0.05, 0) is 50.9 Å². The Morgan fingerprint density at radius 1 is 1.27 bits per heavy atom. The number of nitrogens with one attached hydrogen (secondary N) is 1. The molecule has 1 aromatic rings. The van der Waals surface area contributed by atoms with Gasteiger partial charge in [-0.25, -0.2) is 0 Å². The van der Waals surface area contributed by atoms with Crippen molar-refractivity contribution < 1.29 is 4.74 Å². The molecule has 0 amide bonds. The maximum atomic E-state index is 5.92. The van der Waals surface area contributed by atoms with Crippen LogP contribution in [-0.4, -0.2) is 19.7 Å². The smallest absolute Gasteiger partial charge is 0.119 e. The maximum Gasteiger partial charge on any atom is 0.119 e. The summed E-state index contributed by atoms with van der Waals surface area (Å²) >= 11 is 0. The molecular weight excluding hydrogens is 186 g/mol. The van der Waals surface area contributed by atoms with Gasteiger partial charge in [-0.3, -0.25) is 0 Å². The Kier molecular flexibility index (Phi) is 3.62. The van der Waals surface area contributed by atoms with Crippen LogP contribution in [0.15, 0.2) is 30.3 Å². The van der Waals surface area contributed by atoms with E-state index in [0.717, 1.165) is 18.2 Å². The molecule has 15 heavy (non-hydrogen) atoms. The van der Waals surface area contributed by atoms with Gasteiger partial charge in [0.2, 0.25) is 0 Å². The highest BCUT2D eigenvalue weighted by Gasteiger charge is 2.25. The SMILES string of the molecule is CNCC1CCC(Oc2ccccc2)C1. The standard InChI is InChI=1S/C13H19NO/c1-14-10-11-7-8-13(9-11)15-12-5-3-2-4-6-12/h2-6,11,13-14H,7-10H2,1H3. The second kappa shape index (κ2) is 5.17. The number of hydrogen-bond acceptors (Lipinski definition) is 2. The molecule has 2 rings (SSSR count). The van der Waals surface area contributed by atoms with Crippen LogP contribution >= 0.6 is 0 Å². The summed E-state index contributed by atoms with van der Waals surface area (Å²) in [6.45, 7) is 1.12. The topological polar surface area (TPSA) is 21.3 Å². The lowest BCUT2D eigenvalue weighted by atomic mass is 10.1. The van der Waals surface area contributed by atoms with Crippen molar-refractivity contribution in [2.45, 2.75) is 25.4 Å². The van der Waals surface area contributed by atoms with E-state index in [1.54, 1.807) is 0 Å². The van der Waals surface area contributed by atoms with Crippen molar-refractivity contribution in [3.63, 3.8) is 0 Å². The predicted octanol–water partition coefficient (Wildman–Crippen LogP) is 2.45. The lowest BCUT2D eigenvalue weighted by Crippen LogP contribution is -2.18. The fourth-order valence-corrected chi connectivity index (χ4v) is 2.30. The molecule has 1 aromatic carbocycles. The van der Waals surface area contributed by atoms with Gasteiger partial charge >= 0.3 is 0 Å². The highest BCUT2D eigenvalue weighted by atomic mass is 16.5. The molecule has 1 aliphatic carbocycles. The average Bonchev–Trinajstić information content (AvgIpc) is 2.68.